The molecule has 6 heteroatoms. The van der Waals surface area contributed by atoms with Gasteiger partial charge < -0.3 is 14.2 Å². The highest BCUT2D eigenvalue weighted by Crippen LogP contribution is 2.27. The molecule has 0 aliphatic carbocycles. The van der Waals surface area contributed by atoms with Crippen LogP contribution in [0.3, 0.4) is 0 Å². The molecule has 1 atom stereocenters. The first-order chi connectivity index (χ1) is 9.97. The molecule has 0 bridgehead atoms. The molecule has 0 radical (unpaired) electrons. The van der Waals surface area contributed by atoms with E-state index in [1.54, 1.807) is 19.1 Å². The van der Waals surface area contributed by atoms with Crippen molar-refractivity contribution >= 4 is 28.5 Å². The maximum Gasteiger partial charge on any atom is 0.242 e. The molecular formula is C15H20ClN3O2. The average molecular weight is 310 g/mol. The molecule has 1 unspecified atom stereocenters. The Morgan fingerprint density at radius 3 is 2.81 bits per heavy atom. The molecule has 2 aromatic rings. The summed E-state index contributed by atoms with van der Waals surface area (Å²) < 4.78 is 7.09. The number of hydrogen-bond donors (Lipinski definition) is 0. The van der Waals surface area contributed by atoms with Gasteiger partial charge in [0, 0.05) is 19.7 Å². The number of carbonyl (C=O) groups excluding carboxylic acids is 1. The number of aromatic nitrogens is 2. The van der Waals surface area contributed by atoms with Gasteiger partial charge in [-0.1, -0.05) is 0 Å². The van der Waals surface area contributed by atoms with Crippen molar-refractivity contribution in [2.24, 2.45) is 0 Å². The molecule has 1 aromatic heterocycles. The molecule has 0 aliphatic rings. The number of amides is 1. The number of alkyl halides is 1. The zero-order chi connectivity index (χ0) is 15.6. The lowest BCUT2D eigenvalue weighted by Crippen LogP contribution is -2.30. The van der Waals surface area contributed by atoms with E-state index in [2.05, 4.69) is 4.98 Å². The molecule has 1 heterocycles. The van der Waals surface area contributed by atoms with Crippen LogP contribution >= 0.6 is 11.6 Å². The third-order valence-corrected chi connectivity index (χ3v) is 3.73. The number of benzene rings is 1. The van der Waals surface area contributed by atoms with Gasteiger partial charge in [-0.25, -0.2) is 4.98 Å². The summed E-state index contributed by atoms with van der Waals surface area (Å²) in [5, 5.41) is -0.275. The molecule has 0 spiro atoms. The zero-order valence-electron chi connectivity index (χ0n) is 12.8. The van der Waals surface area contributed by atoms with Crippen molar-refractivity contribution in [2.75, 3.05) is 20.7 Å². The van der Waals surface area contributed by atoms with E-state index in [1.165, 1.54) is 0 Å². The molecular weight excluding hydrogens is 290 g/mol. The first kappa shape index (κ1) is 15.6. The van der Waals surface area contributed by atoms with Gasteiger partial charge in [-0.3, -0.25) is 4.79 Å². The minimum absolute atomic E-state index is 0.0335. The van der Waals surface area contributed by atoms with Crippen molar-refractivity contribution in [3.05, 3.63) is 24.0 Å². The van der Waals surface area contributed by atoms with Crippen LogP contribution in [-0.4, -0.2) is 41.1 Å². The number of imidazole rings is 1. The second-order valence-electron chi connectivity index (χ2n) is 4.93. The van der Waals surface area contributed by atoms with Gasteiger partial charge in [-0.05, 0) is 26.0 Å². The maximum absolute atomic E-state index is 12.2. The van der Waals surface area contributed by atoms with E-state index in [1.807, 2.05) is 36.6 Å². The number of methoxy groups -OCH3 is 1. The predicted molar refractivity (Wildman–Crippen MR) is 83.9 cm³/mol. The molecule has 5 nitrogen and oxygen atoms in total. The van der Waals surface area contributed by atoms with Gasteiger partial charge in [0.05, 0.1) is 23.5 Å². The van der Waals surface area contributed by atoms with Crippen molar-refractivity contribution in [2.45, 2.75) is 25.8 Å². The Bertz CT molecular complexity index is 652. The Hall–Kier alpha value is -1.75. The predicted octanol–water partition coefficient (Wildman–Crippen LogP) is 2.82. The standard InChI is InChI=1S/C15H20ClN3O2/c1-5-18(3)14(20)9-19-13-7-6-11(21-4)8-12(13)17-15(19)10(2)16/h6-8,10H,5,9H2,1-4H3. The maximum atomic E-state index is 12.2. The number of ether oxygens (including phenoxy) is 1. The number of likely N-dealkylation sites (N-methyl/N-ethyl adjacent to an activating group) is 1. The van der Waals surface area contributed by atoms with Gasteiger partial charge in [0.15, 0.2) is 0 Å². The summed E-state index contributed by atoms with van der Waals surface area (Å²) in [6.07, 6.45) is 0. The van der Waals surface area contributed by atoms with Crippen LogP contribution in [0.25, 0.3) is 11.0 Å². The van der Waals surface area contributed by atoms with E-state index in [4.69, 9.17) is 16.3 Å². The number of halogens is 1. The van der Waals surface area contributed by atoms with Gasteiger partial charge in [0.25, 0.3) is 0 Å². The minimum Gasteiger partial charge on any atom is -0.497 e. The smallest absolute Gasteiger partial charge is 0.242 e. The van der Waals surface area contributed by atoms with Crippen molar-refractivity contribution < 1.29 is 9.53 Å². The van der Waals surface area contributed by atoms with Crippen LogP contribution in [0.5, 0.6) is 5.75 Å². The third kappa shape index (κ3) is 3.13. The average Bonchev–Trinajstić information content (AvgIpc) is 2.84. The Balaban J connectivity index is 2.49. The molecule has 0 saturated heterocycles. The van der Waals surface area contributed by atoms with E-state index in [0.29, 0.717) is 12.4 Å². The normalized spacial score (nSPS) is 12.4. The molecule has 114 valence electrons. The topological polar surface area (TPSA) is 47.4 Å². The number of rotatable bonds is 5. The van der Waals surface area contributed by atoms with Crippen molar-refractivity contribution in [3.8, 4) is 5.75 Å². The lowest BCUT2D eigenvalue weighted by Gasteiger charge is -2.17. The van der Waals surface area contributed by atoms with Gasteiger partial charge >= 0.3 is 0 Å². The Kier molecular flexibility index (Phi) is 4.73. The summed E-state index contributed by atoms with van der Waals surface area (Å²) >= 11 is 6.21. The van der Waals surface area contributed by atoms with E-state index in [9.17, 15) is 4.79 Å². The molecule has 1 amide bonds. The zero-order valence-corrected chi connectivity index (χ0v) is 13.5. The van der Waals surface area contributed by atoms with Gasteiger partial charge in [-0.2, -0.15) is 0 Å². The fourth-order valence-corrected chi connectivity index (χ4v) is 2.32. The molecule has 1 aromatic carbocycles. The van der Waals surface area contributed by atoms with Crippen molar-refractivity contribution in [3.63, 3.8) is 0 Å². The number of carbonyl (C=O) groups is 1. The van der Waals surface area contributed by atoms with Gasteiger partial charge in [-0.15, -0.1) is 11.6 Å². The minimum atomic E-state index is -0.275. The van der Waals surface area contributed by atoms with Crippen LogP contribution in [0.4, 0.5) is 0 Å². The van der Waals surface area contributed by atoms with E-state index in [-0.39, 0.29) is 17.8 Å². The highest BCUT2D eigenvalue weighted by atomic mass is 35.5. The SMILES string of the molecule is CCN(C)C(=O)Cn1c(C(C)Cl)nc2cc(OC)ccc21. The van der Waals surface area contributed by atoms with Crippen LogP contribution < -0.4 is 4.74 Å². The Morgan fingerprint density at radius 2 is 2.24 bits per heavy atom. The second-order valence-corrected chi connectivity index (χ2v) is 5.59. The Labute approximate surface area is 129 Å². The quantitative estimate of drug-likeness (QED) is 0.798. The second kappa shape index (κ2) is 6.35. The summed E-state index contributed by atoms with van der Waals surface area (Å²) in [7, 11) is 3.40. The fraction of sp³-hybridized carbons (Fsp3) is 0.467. The fourth-order valence-electron chi connectivity index (χ4n) is 2.16. The summed E-state index contributed by atoms with van der Waals surface area (Å²) in [4.78, 5) is 18.4. The summed E-state index contributed by atoms with van der Waals surface area (Å²) in [5.74, 6) is 1.46. The number of hydrogen-bond acceptors (Lipinski definition) is 3. The highest BCUT2D eigenvalue weighted by molar-refractivity contribution is 6.20. The molecule has 0 N–H and O–H groups in total. The molecule has 0 aliphatic heterocycles. The highest BCUT2D eigenvalue weighted by Gasteiger charge is 2.18. The van der Waals surface area contributed by atoms with Gasteiger partial charge in [0.1, 0.15) is 18.1 Å². The number of fused-ring (bicyclic) bond motifs is 1. The largest absolute Gasteiger partial charge is 0.497 e. The van der Waals surface area contributed by atoms with Crippen LogP contribution in [0, 0.1) is 0 Å². The lowest BCUT2D eigenvalue weighted by molar-refractivity contribution is -0.130. The van der Waals surface area contributed by atoms with Crippen molar-refractivity contribution in [1.82, 2.24) is 14.5 Å². The van der Waals surface area contributed by atoms with Crippen molar-refractivity contribution in [1.29, 1.82) is 0 Å². The first-order valence-electron chi connectivity index (χ1n) is 6.90. The van der Waals surface area contributed by atoms with Crippen LogP contribution in [0.1, 0.15) is 25.0 Å². The van der Waals surface area contributed by atoms with E-state index >= 15 is 0 Å². The number of nitrogens with zero attached hydrogens (tertiary/aromatic N) is 3. The molecule has 21 heavy (non-hydrogen) atoms. The van der Waals surface area contributed by atoms with E-state index in [0.717, 1.165) is 16.8 Å². The third-order valence-electron chi connectivity index (χ3n) is 3.53. The van der Waals surface area contributed by atoms with Crippen LogP contribution in [-0.2, 0) is 11.3 Å². The summed E-state index contributed by atoms with van der Waals surface area (Å²) in [6, 6.07) is 5.61. The van der Waals surface area contributed by atoms with E-state index < -0.39 is 0 Å². The lowest BCUT2D eigenvalue weighted by atomic mass is 10.3. The molecule has 2 rings (SSSR count). The van der Waals surface area contributed by atoms with Gasteiger partial charge in [0.2, 0.25) is 5.91 Å². The van der Waals surface area contributed by atoms with Crippen LogP contribution in [0.2, 0.25) is 0 Å². The monoisotopic (exact) mass is 309 g/mol. The molecule has 0 saturated carbocycles. The molecule has 0 fully saturated rings. The van der Waals surface area contributed by atoms with Crippen LogP contribution in [0.15, 0.2) is 18.2 Å². The summed E-state index contributed by atoms with van der Waals surface area (Å²) in [5.41, 5.74) is 1.67. The first-order valence-corrected chi connectivity index (χ1v) is 7.33. The Morgan fingerprint density at radius 1 is 1.52 bits per heavy atom. The summed E-state index contributed by atoms with van der Waals surface area (Å²) in [6.45, 7) is 4.70.